The van der Waals surface area contributed by atoms with E-state index in [9.17, 15) is 0 Å². The fraction of sp³-hybridized carbons (Fsp3) is 0.571. The molecule has 3 rings (SSSR count). The predicted octanol–water partition coefficient (Wildman–Crippen LogP) is 2.86. The standard InChI is InChI=1S/C14H19BrN2/c15-11-4-5-13-10(8-11)3-6-14(13)17-7-1-2-12(16)9-17/h4-5,8,12,14H,1-3,6-7,9,16H2. The van der Waals surface area contributed by atoms with E-state index in [2.05, 4.69) is 39.0 Å². The maximum atomic E-state index is 6.09. The number of hydrogen-bond acceptors (Lipinski definition) is 2. The third-order valence-electron chi connectivity index (χ3n) is 4.08. The molecule has 0 bridgehead atoms. The van der Waals surface area contributed by atoms with Gasteiger partial charge in [-0.05, 0) is 55.5 Å². The summed E-state index contributed by atoms with van der Waals surface area (Å²) in [5.74, 6) is 0. The smallest absolute Gasteiger partial charge is 0.0354 e. The lowest BCUT2D eigenvalue weighted by molar-refractivity contribution is 0.149. The van der Waals surface area contributed by atoms with Gasteiger partial charge >= 0.3 is 0 Å². The molecule has 2 atom stereocenters. The van der Waals surface area contributed by atoms with Gasteiger partial charge in [-0.15, -0.1) is 0 Å². The van der Waals surface area contributed by atoms with Gasteiger partial charge in [-0.3, -0.25) is 4.90 Å². The molecule has 0 amide bonds. The summed E-state index contributed by atoms with van der Waals surface area (Å²) in [5.41, 5.74) is 9.13. The van der Waals surface area contributed by atoms with Crippen molar-refractivity contribution in [2.24, 2.45) is 5.73 Å². The van der Waals surface area contributed by atoms with Crippen molar-refractivity contribution < 1.29 is 0 Å². The first-order valence-electron chi connectivity index (χ1n) is 6.52. The fourth-order valence-corrected chi connectivity index (χ4v) is 3.67. The third kappa shape index (κ3) is 2.28. The Morgan fingerprint density at radius 1 is 1.29 bits per heavy atom. The van der Waals surface area contributed by atoms with Crippen molar-refractivity contribution >= 4 is 15.9 Å². The van der Waals surface area contributed by atoms with Gasteiger partial charge in [0.05, 0.1) is 0 Å². The quantitative estimate of drug-likeness (QED) is 0.863. The monoisotopic (exact) mass is 294 g/mol. The normalized spacial score (nSPS) is 29.3. The van der Waals surface area contributed by atoms with Gasteiger partial charge in [0, 0.05) is 23.1 Å². The molecular weight excluding hydrogens is 276 g/mol. The lowest BCUT2D eigenvalue weighted by Crippen LogP contribution is -2.44. The van der Waals surface area contributed by atoms with E-state index in [-0.39, 0.29) is 0 Å². The molecule has 1 aromatic carbocycles. The second kappa shape index (κ2) is 4.71. The summed E-state index contributed by atoms with van der Waals surface area (Å²) in [5, 5.41) is 0. The summed E-state index contributed by atoms with van der Waals surface area (Å²) in [6.45, 7) is 2.29. The minimum Gasteiger partial charge on any atom is -0.327 e. The maximum absolute atomic E-state index is 6.09. The highest BCUT2D eigenvalue weighted by Crippen LogP contribution is 2.38. The molecule has 3 heteroatoms. The first-order chi connectivity index (χ1) is 8.24. The number of hydrogen-bond donors (Lipinski definition) is 1. The number of nitrogens with zero attached hydrogens (tertiary/aromatic N) is 1. The number of aryl methyl sites for hydroxylation is 1. The Bertz CT molecular complexity index is 419. The molecule has 2 N–H and O–H groups in total. The van der Waals surface area contributed by atoms with Crippen LogP contribution in [0.25, 0.3) is 0 Å². The maximum Gasteiger partial charge on any atom is 0.0354 e. The van der Waals surface area contributed by atoms with Crippen LogP contribution in [0.3, 0.4) is 0 Å². The third-order valence-corrected chi connectivity index (χ3v) is 4.57. The highest BCUT2D eigenvalue weighted by molar-refractivity contribution is 9.10. The van der Waals surface area contributed by atoms with Crippen LogP contribution in [-0.4, -0.2) is 24.0 Å². The SMILES string of the molecule is NC1CCCN(C2CCc3cc(Br)ccc32)C1. The summed E-state index contributed by atoms with van der Waals surface area (Å²) in [6.07, 6.45) is 4.92. The summed E-state index contributed by atoms with van der Waals surface area (Å²) in [4.78, 5) is 2.59. The van der Waals surface area contributed by atoms with E-state index >= 15 is 0 Å². The van der Waals surface area contributed by atoms with Crippen LogP contribution in [-0.2, 0) is 6.42 Å². The number of halogens is 1. The molecule has 1 aliphatic carbocycles. The van der Waals surface area contributed by atoms with Crippen molar-refractivity contribution in [1.82, 2.24) is 4.90 Å². The Labute approximate surface area is 111 Å². The van der Waals surface area contributed by atoms with Crippen LogP contribution in [0.5, 0.6) is 0 Å². The van der Waals surface area contributed by atoms with E-state index in [1.165, 1.54) is 47.8 Å². The first kappa shape index (κ1) is 11.7. The van der Waals surface area contributed by atoms with Crippen LogP contribution in [0.4, 0.5) is 0 Å². The number of benzene rings is 1. The zero-order valence-electron chi connectivity index (χ0n) is 10.0. The molecule has 1 heterocycles. The van der Waals surface area contributed by atoms with Crippen LogP contribution in [0, 0.1) is 0 Å². The Balaban J connectivity index is 1.83. The largest absolute Gasteiger partial charge is 0.327 e. The minimum absolute atomic E-state index is 0.378. The molecule has 0 aromatic heterocycles. The van der Waals surface area contributed by atoms with Gasteiger partial charge in [-0.2, -0.15) is 0 Å². The van der Waals surface area contributed by atoms with E-state index in [0.717, 1.165) is 6.54 Å². The Morgan fingerprint density at radius 3 is 3.00 bits per heavy atom. The van der Waals surface area contributed by atoms with Crippen LogP contribution in [0.2, 0.25) is 0 Å². The second-order valence-electron chi connectivity index (χ2n) is 5.29. The number of rotatable bonds is 1. The van der Waals surface area contributed by atoms with Gasteiger partial charge in [0.1, 0.15) is 0 Å². The molecule has 1 aromatic rings. The van der Waals surface area contributed by atoms with E-state index in [1.807, 2.05) is 0 Å². The lowest BCUT2D eigenvalue weighted by Gasteiger charge is -2.35. The van der Waals surface area contributed by atoms with Crippen LogP contribution >= 0.6 is 15.9 Å². The molecule has 1 saturated heterocycles. The van der Waals surface area contributed by atoms with E-state index in [4.69, 9.17) is 5.73 Å². The van der Waals surface area contributed by atoms with Gasteiger partial charge in [0.15, 0.2) is 0 Å². The molecule has 2 aliphatic rings. The van der Waals surface area contributed by atoms with Gasteiger partial charge < -0.3 is 5.73 Å². The highest BCUT2D eigenvalue weighted by Gasteiger charge is 2.30. The van der Waals surface area contributed by atoms with Crippen molar-refractivity contribution in [3.8, 4) is 0 Å². The molecule has 0 spiro atoms. The zero-order chi connectivity index (χ0) is 11.8. The van der Waals surface area contributed by atoms with Gasteiger partial charge in [-0.25, -0.2) is 0 Å². The molecule has 2 nitrogen and oxygen atoms in total. The molecule has 1 fully saturated rings. The first-order valence-corrected chi connectivity index (χ1v) is 7.31. The van der Waals surface area contributed by atoms with E-state index in [0.29, 0.717) is 12.1 Å². The van der Waals surface area contributed by atoms with Crippen molar-refractivity contribution in [3.63, 3.8) is 0 Å². The Kier molecular flexibility index (Phi) is 3.24. The number of piperidine rings is 1. The molecule has 0 saturated carbocycles. The highest BCUT2D eigenvalue weighted by atomic mass is 79.9. The van der Waals surface area contributed by atoms with Gasteiger partial charge in [-0.1, -0.05) is 22.0 Å². The number of nitrogens with two attached hydrogens (primary N) is 1. The summed E-state index contributed by atoms with van der Waals surface area (Å²) >= 11 is 3.56. The van der Waals surface area contributed by atoms with Crippen molar-refractivity contribution in [2.75, 3.05) is 13.1 Å². The van der Waals surface area contributed by atoms with Gasteiger partial charge in [0.2, 0.25) is 0 Å². The van der Waals surface area contributed by atoms with Gasteiger partial charge in [0.25, 0.3) is 0 Å². The van der Waals surface area contributed by atoms with Crippen molar-refractivity contribution in [1.29, 1.82) is 0 Å². The number of likely N-dealkylation sites (tertiary alicyclic amines) is 1. The molecule has 0 radical (unpaired) electrons. The van der Waals surface area contributed by atoms with Crippen LogP contribution in [0.15, 0.2) is 22.7 Å². The number of fused-ring (bicyclic) bond motifs is 1. The van der Waals surface area contributed by atoms with Crippen molar-refractivity contribution in [2.45, 2.75) is 37.8 Å². The second-order valence-corrected chi connectivity index (χ2v) is 6.21. The average molecular weight is 295 g/mol. The zero-order valence-corrected chi connectivity index (χ0v) is 11.6. The molecule has 1 aliphatic heterocycles. The molecule has 2 unspecified atom stereocenters. The lowest BCUT2D eigenvalue weighted by atomic mass is 10.0. The summed E-state index contributed by atoms with van der Waals surface area (Å²) in [6, 6.07) is 7.73. The predicted molar refractivity (Wildman–Crippen MR) is 74.0 cm³/mol. The van der Waals surface area contributed by atoms with E-state index in [1.54, 1.807) is 0 Å². The topological polar surface area (TPSA) is 29.3 Å². The average Bonchev–Trinajstić information content (AvgIpc) is 2.71. The summed E-state index contributed by atoms with van der Waals surface area (Å²) in [7, 11) is 0. The fourth-order valence-electron chi connectivity index (χ4n) is 3.27. The summed E-state index contributed by atoms with van der Waals surface area (Å²) < 4.78 is 1.20. The van der Waals surface area contributed by atoms with Crippen LogP contribution < -0.4 is 5.73 Å². The van der Waals surface area contributed by atoms with Crippen LogP contribution in [0.1, 0.15) is 36.4 Å². The Morgan fingerprint density at radius 2 is 2.18 bits per heavy atom. The molecule has 92 valence electrons. The molecular formula is C14H19BrN2. The van der Waals surface area contributed by atoms with Crippen molar-refractivity contribution in [3.05, 3.63) is 33.8 Å². The molecule has 17 heavy (non-hydrogen) atoms. The van der Waals surface area contributed by atoms with E-state index < -0.39 is 0 Å². The Hall–Kier alpha value is -0.380. The minimum atomic E-state index is 0.378.